The van der Waals surface area contributed by atoms with Crippen molar-refractivity contribution in [2.75, 3.05) is 0 Å². The van der Waals surface area contributed by atoms with Crippen molar-refractivity contribution in [2.24, 2.45) is 0 Å². The third-order valence-electron chi connectivity index (χ3n) is 10.6. The van der Waals surface area contributed by atoms with Gasteiger partial charge in [0.2, 0.25) is 0 Å². The molecule has 0 aliphatic heterocycles. The molecule has 232 valence electrons. The molecule has 2 aromatic heterocycles. The van der Waals surface area contributed by atoms with E-state index in [0.29, 0.717) is 0 Å². The molecule has 0 amide bonds. The van der Waals surface area contributed by atoms with E-state index in [1.165, 1.54) is 60.1 Å². The van der Waals surface area contributed by atoms with Crippen molar-refractivity contribution in [2.45, 2.75) is 5.92 Å². The summed E-state index contributed by atoms with van der Waals surface area (Å²) in [4.78, 5) is 10.6. The maximum Gasteiger partial charge on any atom is 0.165 e. The molecule has 0 saturated heterocycles. The summed E-state index contributed by atoms with van der Waals surface area (Å²) >= 11 is 0. The summed E-state index contributed by atoms with van der Waals surface area (Å²) in [7, 11) is 0. The first-order valence-corrected chi connectivity index (χ1v) is 17.2. The lowest BCUT2D eigenvalue weighted by molar-refractivity contribution is 1.02. The lowest BCUT2D eigenvalue weighted by Gasteiger charge is -2.16. The van der Waals surface area contributed by atoms with Crippen LogP contribution in [0.25, 0.3) is 82.6 Å². The maximum atomic E-state index is 5.36. The molecule has 0 bridgehead atoms. The number of aromatic nitrogens is 3. The maximum absolute atomic E-state index is 5.36. The molecule has 1 aliphatic rings. The lowest BCUT2D eigenvalue weighted by Crippen LogP contribution is -2.04. The molecule has 0 saturated carbocycles. The van der Waals surface area contributed by atoms with Gasteiger partial charge in [-0.2, -0.15) is 0 Å². The molecule has 0 N–H and O–H groups in total. The molecule has 11 rings (SSSR count). The Labute approximate surface area is 288 Å². The van der Waals surface area contributed by atoms with E-state index in [9.17, 15) is 0 Å². The molecule has 3 nitrogen and oxygen atoms in total. The molecular weight excluding hydrogens is 607 g/mol. The molecule has 1 atom stereocenters. The molecule has 3 heteroatoms. The second-order valence-electron chi connectivity index (χ2n) is 13.3. The first-order chi connectivity index (χ1) is 24.8. The van der Waals surface area contributed by atoms with E-state index < -0.39 is 0 Å². The zero-order valence-electron chi connectivity index (χ0n) is 27.1. The molecule has 1 aliphatic carbocycles. The van der Waals surface area contributed by atoms with Gasteiger partial charge in [0, 0.05) is 22.3 Å². The highest BCUT2D eigenvalue weighted by Crippen LogP contribution is 2.51. The van der Waals surface area contributed by atoms with Crippen molar-refractivity contribution in [3.63, 3.8) is 0 Å². The van der Waals surface area contributed by atoms with Crippen LogP contribution in [0.15, 0.2) is 170 Å². The van der Waals surface area contributed by atoms with E-state index in [4.69, 9.17) is 9.97 Å². The predicted molar refractivity (Wildman–Crippen MR) is 207 cm³/mol. The minimum absolute atomic E-state index is 0.129. The van der Waals surface area contributed by atoms with E-state index in [0.717, 1.165) is 39.1 Å². The first kappa shape index (κ1) is 27.4. The predicted octanol–water partition coefficient (Wildman–Crippen LogP) is 11.9. The molecule has 0 spiro atoms. The van der Waals surface area contributed by atoms with Crippen molar-refractivity contribution in [3.05, 3.63) is 187 Å². The number of benzene rings is 8. The van der Waals surface area contributed by atoms with Crippen LogP contribution in [0.3, 0.4) is 0 Å². The summed E-state index contributed by atoms with van der Waals surface area (Å²) in [6.45, 7) is 0. The van der Waals surface area contributed by atoms with Crippen molar-refractivity contribution in [3.8, 4) is 28.2 Å². The Kier molecular flexibility index (Phi) is 5.73. The SMILES string of the molecule is c1ccc(-c2nc3ccccc3nc2-n2c3ccc(C4c5ccccc5-c5c4ccc4ccccc54)cc3c3c4ccccc4ccc32)cc1. The Morgan fingerprint density at radius 3 is 1.98 bits per heavy atom. The summed E-state index contributed by atoms with van der Waals surface area (Å²) in [6.07, 6.45) is 0. The number of hydrogen-bond acceptors (Lipinski definition) is 2. The number of fused-ring (bicyclic) bond motifs is 11. The first-order valence-electron chi connectivity index (χ1n) is 17.2. The second kappa shape index (κ2) is 10.5. The largest absolute Gasteiger partial charge is 0.292 e. The fraction of sp³-hybridized carbons (Fsp3) is 0.0213. The minimum atomic E-state index is 0.129. The van der Waals surface area contributed by atoms with Crippen LogP contribution in [0.4, 0.5) is 0 Å². The molecule has 0 radical (unpaired) electrons. The zero-order chi connectivity index (χ0) is 32.8. The van der Waals surface area contributed by atoms with Gasteiger partial charge in [0.25, 0.3) is 0 Å². The normalized spacial score (nSPS) is 13.8. The van der Waals surface area contributed by atoms with Gasteiger partial charge in [-0.05, 0) is 79.7 Å². The monoisotopic (exact) mass is 635 g/mol. The second-order valence-corrected chi connectivity index (χ2v) is 13.3. The van der Waals surface area contributed by atoms with Crippen LogP contribution in [-0.4, -0.2) is 14.5 Å². The molecule has 10 aromatic rings. The standard InChI is InChI=1S/C47H29N3/c1-2-14-31(15-3-1)46-47(49-40-21-11-10-20-39(40)48-46)50-41-26-24-32(28-38(41)45-34-17-7-5-13-30(34)23-27-42(45)50)43-35-18-8-9-19-36(35)44-33-16-6-4-12-29(33)22-25-37(43)44/h1-28,43H. The van der Waals surface area contributed by atoms with E-state index >= 15 is 0 Å². The van der Waals surface area contributed by atoms with Gasteiger partial charge >= 0.3 is 0 Å². The average molecular weight is 636 g/mol. The van der Waals surface area contributed by atoms with E-state index in [1.54, 1.807) is 0 Å². The van der Waals surface area contributed by atoms with E-state index in [2.05, 4.69) is 150 Å². The van der Waals surface area contributed by atoms with Crippen LogP contribution in [0.5, 0.6) is 0 Å². The summed E-state index contributed by atoms with van der Waals surface area (Å²) in [5.41, 5.74) is 12.6. The highest BCUT2D eigenvalue weighted by Gasteiger charge is 2.32. The molecule has 2 heterocycles. The Bertz CT molecular complexity index is 2990. The summed E-state index contributed by atoms with van der Waals surface area (Å²) in [5.74, 6) is 0.963. The fourth-order valence-electron chi connectivity index (χ4n) is 8.48. The van der Waals surface area contributed by atoms with Gasteiger partial charge in [0.15, 0.2) is 5.82 Å². The Morgan fingerprint density at radius 2 is 1.12 bits per heavy atom. The van der Waals surface area contributed by atoms with Crippen LogP contribution in [0.1, 0.15) is 22.6 Å². The molecule has 0 fully saturated rings. The van der Waals surface area contributed by atoms with Crippen molar-refractivity contribution >= 4 is 54.4 Å². The van der Waals surface area contributed by atoms with Gasteiger partial charge in [0.1, 0.15) is 5.69 Å². The highest BCUT2D eigenvalue weighted by molar-refractivity contribution is 6.21. The van der Waals surface area contributed by atoms with Crippen molar-refractivity contribution in [1.82, 2.24) is 14.5 Å². The quantitative estimate of drug-likeness (QED) is 0.193. The van der Waals surface area contributed by atoms with Gasteiger partial charge in [-0.25, -0.2) is 9.97 Å². The molecular formula is C47H29N3. The van der Waals surface area contributed by atoms with Gasteiger partial charge in [-0.3, -0.25) is 4.57 Å². The van der Waals surface area contributed by atoms with Gasteiger partial charge in [-0.15, -0.1) is 0 Å². The Morgan fingerprint density at radius 1 is 0.460 bits per heavy atom. The highest BCUT2D eigenvalue weighted by atomic mass is 15.1. The summed E-state index contributed by atoms with van der Waals surface area (Å²) in [6, 6.07) is 61.3. The third kappa shape index (κ3) is 3.86. The zero-order valence-corrected chi connectivity index (χ0v) is 27.1. The van der Waals surface area contributed by atoms with E-state index in [-0.39, 0.29) is 5.92 Å². The number of hydrogen-bond donors (Lipinski definition) is 0. The van der Waals surface area contributed by atoms with Crippen LogP contribution in [0, 0.1) is 0 Å². The van der Waals surface area contributed by atoms with Crippen LogP contribution in [0.2, 0.25) is 0 Å². The summed E-state index contributed by atoms with van der Waals surface area (Å²) < 4.78 is 2.34. The number of nitrogens with zero attached hydrogens (tertiary/aromatic N) is 3. The van der Waals surface area contributed by atoms with Gasteiger partial charge < -0.3 is 0 Å². The lowest BCUT2D eigenvalue weighted by atomic mass is 9.88. The molecule has 50 heavy (non-hydrogen) atoms. The molecule has 1 unspecified atom stereocenters. The Balaban J connectivity index is 1.24. The third-order valence-corrected chi connectivity index (χ3v) is 10.6. The Hall–Kier alpha value is -6.58. The van der Waals surface area contributed by atoms with Crippen molar-refractivity contribution in [1.29, 1.82) is 0 Å². The van der Waals surface area contributed by atoms with E-state index in [1.807, 2.05) is 24.3 Å². The topological polar surface area (TPSA) is 30.7 Å². The van der Waals surface area contributed by atoms with Crippen LogP contribution >= 0.6 is 0 Å². The molecule has 8 aromatic carbocycles. The summed E-state index contributed by atoms with van der Waals surface area (Å²) in [5, 5.41) is 7.50. The number of rotatable bonds is 3. The van der Waals surface area contributed by atoms with Crippen LogP contribution < -0.4 is 0 Å². The average Bonchev–Trinajstić information content (AvgIpc) is 3.70. The smallest absolute Gasteiger partial charge is 0.165 e. The van der Waals surface area contributed by atoms with Crippen molar-refractivity contribution < 1.29 is 0 Å². The van der Waals surface area contributed by atoms with Gasteiger partial charge in [-0.1, -0.05) is 140 Å². The van der Waals surface area contributed by atoms with Gasteiger partial charge in [0.05, 0.1) is 22.1 Å². The van der Waals surface area contributed by atoms with Crippen LogP contribution in [-0.2, 0) is 0 Å². The fourth-order valence-corrected chi connectivity index (χ4v) is 8.48. The minimum Gasteiger partial charge on any atom is -0.292 e. The number of para-hydroxylation sites is 2.